The monoisotopic (exact) mass is 432 g/mol. The Bertz CT molecular complexity index is 1060. The fourth-order valence-corrected chi connectivity index (χ4v) is 5.33. The zero-order valence-corrected chi connectivity index (χ0v) is 18.2. The number of benzene rings is 2. The molecule has 0 radical (unpaired) electrons. The molecule has 1 aliphatic heterocycles. The minimum atomic E-state index is -3.66. The van der Waals surface area contributed by atoms with E-state index in [2.05, 4.69) is 10.6 Å². The molecule has 1 heterocycles. The summed E-state index contributed by atoms with van der Waals surface area (Å²) < 4.78 is 25.4. The molecular weight excluding hydrogens is 408 g/mol. The zero-order chi connectivity index (χ0) is 21.2. The Balaban J connectivity index is 1.68. The summed E-state index contributed by atoms with van der Waals surface area (Å²) in [4.78, 5) is 25.1. The van der Waals surface area contributed by atoms with Crippen LogP contribution in [-0.4, -0.2) is 31.2 Å². The van der Waals surface area contributed by atoms with Crippen LogP contribution in [0.25, 0.3) is 0 Å². The topological polar surface area (TPSA) is 92.3 Å². The van der Waals surface area contributed by atoms with Gasteiger partial charge in [0.2, 0.25) is 11.8 Å². The Kier molecular flexibility index (Phi) is 6.33. The van der Waals surface area contributed by atoms with Gasteiger partial charge < -0.3 is 10.6 Å². The van der Waals surface area contributed by atoms with Crippen LogP contribution in [0.5, 0.6) is 0 Å². The molecule has 0 aromatic heterocycles. The van der Waals surface area contributed by atoms with Crippen molar-refractivity contribution in [3.63, 3.8) is 0 Å². The summed E-state index contributed by atoms with van der Waals surface area (Å²) in [6, 6.07) is 10.3. The van der Waals surface area contributed by atoms with E-state index in [1.807, 2.05) is 32.9 Å². The van der Waals surface area contributed by atoms with E-state index < -0.39 is 9.84 Å². The molecule has 8 heteroatoms. The number of hydrogen-bond donors (Lipinski definition) is 2. The number of amides is 2. The normalized spacial score (nSPS) is 16.5. The highest BCUT2D eigenvalue weighted by molar-refractivity contribution is 8.00. The van der Waals surface area contributed by atoms with Crippen molar-refractivity contribution in [3.05, 3.63) is 47.5 Å². The molecule has 0 aliphatic carbocycles. The maximum absolute atomic E-state index is 12.7. The highest BCUT2D eigenvalue weighted by atomic mass is 32.2. The molecule has 2 aromatic rings. The third-order valence-corrected chi connectivity index (χ3v) is 7.67. The molecule has 0 unspecified atom stereocenters. The number of thioether (sulfide) groups is 1. The van der Waals surface area contributed by atoms with Crippen molar-refractivity contribution in [2.75, 3.05) is 16.4 Å². The van der Waals surface area contributed by atoms with Crippen molar-refractivity contribution in [3.8, 4) is 0 Å². The summed E-state index contributed by atoms with van der Waals surface area (Å²) in [6.07, 6.45) is 0.227. The second kappa shape index (κ2) is 8.59. The maximum atomic E-state index is 12.7. The molecule has 0 spiro atoms. The summed E-state index contributed by atoms with van der Waals surface area (Å²) in [5.41, 5.74) is 3.32. The van der Waals surface area contributed by atoms with Crippen molar-refractivity contribution in [1.29, 1.82) is 0 Å². The van der Waals surface area contributed by atoms with Gasteiger partial charge in [-0.3, -0.25) is 9.59 Å². The number of fused-ring (bicyclic) bond motifs is 1. The van der Waals surface area contributed by atoms with Gasteiger partial charge in [0.25, 0.3) is 0 Å². The SMILES string of the molecule is Cc1ccc(NC(=O)CCS(=O)(=O)c2ccc3c(c2)NC(=O)C[C@@H](C)S3)cc1C. The summed E-state index contributed by atoms with van der Waals surface area (Å²) >= 11 is 1.54. The minimum absolute atomic E-state index is 0.102. The van der Waals surface area contributed by atoms with E-state index in [1.54, 1.807) is 12.1 Å². The van der Waals surface area contributed by atoms with Crippen LogP contribution in [-0.2, 0) is 19.4 Å². The third kappa shape index (κ3) is 5.39. The van der Waals surface area contributed by atoms with Gasteiger partial charge in [0.1, 0.15) is 0 Å². The van der Waals surface area contributed by atoms with E-state index in [0.717, 1.165) is 16.0 Å². The molecule has 6 nitrogen and oxygen atoms in total. The minimum Gasteiger partial charge on any atom is -0.326 e. The van der Waals surface area contributed by atoms with Crippen LogP contribution in [0.2, 0.25) is 0 Å². The van der Waals surface area contributed by atoms with Gasteiger partial charge >= 0.3 is 0 Å². The first kappa shape index (κ1) is 21.4. The van der Waals surface area contributed by atoms with Crippen molar-refractivity contribution in [2.24, 2.45) is 0 Å². The quantitative estimate of drug-likeness (QED) is 0.747. The van der Waals surface area contributed by atoms with Crippen LogP contribution in [0.1, 0.15) is 30.9 Å². The lowest BCUT2D eigenvalue weighted by Gasteiger charge is -2.11. The summed E-state index contributed by atoms with van der Waals surface area (Å²) in [7, 11) is -3.66. The number of carbonyl (C=O) groups excluding carboxylic acids is 2. The van der Waals surface area contributed by atoms with E-state index >= 15 is 0 Å². The Hall–Kier alpha value is -2.32. The van der Waals surface area contributed by atoms with Crippen LogP contribution in [0.4, 0.5) is 11.4 Å². The van der Waals surface area contributed by atoms with Crippen LogP contribution >= 0.6 is 11.8 Å². The molecule has 154 valence electrons. The van der Waals surface area contributed by atoms with Gasteiger partial charge in [0, 0.05) is 28.7 Å². The standard InChI is InChI=1S/C21H24N2O4S2/c1-13-4-5-16(10-14(13)2)22-20(24)8-9-29(26,27)17-6-7-19-18(12-17)23-21(25)11-15(3)28-19/h4-7,10,12,15H,8-9,11H2,1-3H3,(H,22,24)(H,23,25)/t15-/m1/s1. The van der Waals surface area contributed by atoms with Gasteiger partial charge in [-0.25, -0.2) is 8.42 Å². The average Bonchev–Trinajstić information content (AvgIpc) is 2.78. The second-order valence-corrected chi connectivity index (χ2v) is 10.8. The Morgan fingerprint density at radius 2 is 1.93 bits per heavy atom. The third-order valence-electron chi connectivity index (χ3n) is 4.77. The molecule has 0 fully saturated rings. The van der Waals surface area contributed by atoms with Gasteiger partial charge in [-0.2, -0.15) is 0 Å². The number of carbonyl (C=O) groups is 2. The molecule has 1 aliphatic rings. The van der Waals surface area contributed by atoms with Crippen molar-refractivity contribution in [2.45, 2.75) is 48.7 Å². The molecule has 3 rings (SSSR count). The summed E-state index contributed by atoms with van der Waals surface area (Å²) in [5, 5.41) is 5.63. The molecule has 29 heavy (non-hydrogen) atoms. The van der Waals surface area contributed by atoms with E-state index in [9.17, 15) is 18.0 Å². The first-order valence-corrected chi connectivity index (χ1v) is 11.9. The number of sulfone groups is 1. The van der Waals surface area contributed by atoms with Crippen molar-refractivity contribution in [1.82, 2.24) is 0 Å². The van der Waals surface area contributed by atoms with Crippen LogP contribution in [0.15, 0.2) is 46.2 Å². The number of rotatable bonds is 5. The number of nitrogens with one attached hydrogen (secondary N) is 2. The smallest absolute Gasteiger partial charge is 0.225 e. The fraction of sp³-hybridized carbons (Fsp3) is 0.333. The van der Waals surface area contributed by atoms with Crippen LogP contribution < -0.4 is 10.6 Å². The Morgan fingerprint density at radius 3 is 2.66 bits per heavy atom. The highest BCUT2D eigenvalue weighted by Gasteiger charge is 2.23. The second-order valence-electron chi connectivity index (χ2n) is 7.25. The number of anilines is 2. The zero-order valence-electron chi connectivity index (χ0n) is 16.6. The predicted molar refractivity (Wildman–Crippen MR) is 116 cm³/mol. The highest BCUT2D eigenvalue weighted by Crippen LogP contribution is 2.36. The van der Waals surface area contributed by atoms with Crippen LogP contribution in [0, 0.1) is 13.8 Å². The molecule has 0 saturated heterocycles. The largest absolute Gasteiger partial charge is 0.326 e. The molecule has 2 aromatic carbocycles. The lowest BCUT2D eigenvalue weighted by molar-refractivity contribution is -0.116. The van der Waals surface area contributed by atoms with Gasteiger partial charge in [0.05, 0.1) is 16.3 Å². The molecule has 2 amide bonds. The Morgan fingerprint density at radius 1 is 1.17 bits per heavy atom. The first-order chi connectivity index (χ1) is 13.6. The predicted octanol–water partition coefficient (Wildman–Crippen LogP) is 3.93. The van der Waals surface area contributed by atoms with E-state index in [4.69, 9.17) is 0 Å². The Labute approximate surface area is 175 Å². The van der Waals surface area contributed by atoms with Gasteiger partial charge in [-0.15, -0.1) is 11.8 Å². The molecular formula is C21H24N2O4S2. The average molecular weight is 433 g/mol. The first-order valence-electron chi connectivity index (χ1n) is 9.34. The van der Waals surface area contributed by atoms with Gasteiger partial charge in [-0.1, -0.05) is 13.0 Å². The molecule has 0 saturated carbocycles. The number of aryl methyl sites for hydroxylation is 2. The molecule has 1 atom stereocenters. The fourth-order valence-electron chi connectivity index (χ4n) is 3.01. The van der Waals surface area contributed by atoms with Crippen molar-refractivity contribution < 1.29 is 18.0 Å². The van der Waals surface area contributed by atoms with E-state index in [0.29, 0.717) is 17.8 Å². The van der Waals surface area contributed by atoms with Crippen molar-refractivity contribution >= 4 is 44.8 Å². The lowest BCUT2D eigenvalue weighted by Crippen LogP contribution is -2.18. The van der Waals surface area contributed by atoms with Gasteiger partial charge in [0.15, 0.2) is 9.84 Å². The van der Waals surface area contributed by atoms with Gasteiger partial charge in [-0.05, 0) is 55.3 Å². The van der Waals surface area contributed by atoms with Crippen LogP contribution in [0.3, 0.4) is 0 Å². The summed E-state index contributed by atoms with van der Waals surface area (Å²) in [6.45, 7) is 5.89. The van der Waals surface area contributed by atoms with E-state index in [-0.39, 0.29) is 34.1 Å². The lowest BCUT2D eigenvalue weighted by atomic mass is 10.1. The maximum Gasteiger partial charge on any atom is 0.225 e. The molecule has 2 N–H and O–H groups in total. The molecule has 0 bridgehead atoms. The van der Waals surface area contributed by atoms with E-state index in [1.165, 1.54) is 23.9 Å². The number of hydrogen-bond acceptors (Lipinski definition) is 5. The summed E-state index contributed by atoms with van der Waals surface area (Å²) in [5.74, 6) is -0.796.